The number of benzene rings is 3. The number of carbonyl (C=O) groups excluding carboxylic acids is 1. The van der Waals surface area contributed by atoms with Crippen LogP contribution in [0.5, 0.6) is 11.5 Å². The maximum absolute atomic E-state index is 12.1. The van der Waals surface area contributed by atoms with Crippen molar-refractivity contribution in [1.82, 2.24) is 0 Å². The zero-order valence-electron chi connectivity index (χ0n) is 13.7. The second-order valence-electron chi connectivity index (χ2n) is 5.40. The Morgan fingerprint density at radius 1 is 0.808 bits per heavy atom. The Bertz CT molecular complexity index is 902. The van der Waals surface area contributed by atoms with E-state index in [1.165, 1.54) is 6.08 Å². The van der Waals surface area contributed by atoms with Gasteiger partial charge in [0.1, 0.15) is 11.5 Å². The number of carbonyl (C=O) groups is 1. The molecular weight excluding hydrogens is 369 g/mol. The summed E-state index contributed by atoms with van der Waals surface area (Å²) in [5.41, 5.74) is 1.27. The number of nitrogens with one attached hydrogen (secondary N) is 1. The molecule has 0 saturated heterocycles. The zero-order chi connectivity index (χ0) is 18.4. The van der Waals surface area contributed by atoms with E-state index in [1.807, 2.05) is 30.3 Å². The van der Waals surface area contributed by atoms with Gasteiger partial charge >= 0.3 is 0 Å². The lowest BCUT2D eigenvalue weighted by Gasteiger charge is -2.07. The van der Waals surface area contributed by atoms with Crippen LogP contribution < -0.4 is 10.1 Å². The van der Waals surface area contributed by atoms with Gasteiger partial charge in [-0.25, -0.2) is 0 Å². The minimum Gasteiger partial charge on any atom is -0.457 e. The third-order valence-corrected chi connectivity index (χ3v) is 4.16. The highest BCUT2D eigenvalue weighted by atomic mass is 35.5. The normalized spacial score (nSPS) is 10.7. The van der Waals surface area contributed by atoms with E-state index in [0.717, 1.165) is 5.75 Å². The minimum absolute atomic E-state index is 0.280. The van der Waals surface area contributed by atoms with E-state index in [9.17, 15) is 4.79 Å². The van der Waals surface area contributed by atoms with Gasteiger partial charge in [0.05, 0.1) is 0 Å². The number of rotatable bonds is 5. The van der Waals surface area contributed by atoms with Crippen LogP contribution in [0.1, 0.15) is 5.56 Å². The molecule has 0 aliphatic rings. The second-order valence-corrected chi connectivity index (χ2v) is 6.21. The van der Waals surface area contributed by atoms with E-state index in [2.05, 4.69) is 5.32 Å². The van der Waals surface area contributed by atoms with Crippen molar-refractivity contribution in [2.45, 2.75) is 0 Å². The summed E-state index contributed by atoms with van der Waals surface area (Å²) in [4.78, 5) is 12.1. The smallest absolute Gasteiger partial charge is 0.248 e. The zero-order valence-corrected chi connectivity index (χ0v) is 15.2. The minimum atomic E-state index is -0.280. The van der Waals surface area contributed by atoms with E-state index in [-0.39, 0.29) is 5.91 Å². The highest BCUT2D eigenvalue weighted by Gasteiger charge is 2.04. The van der Waals surface area contributed by atoms with Crippen LogP contribution in [0.2, 0.25) is 10.0 Å². The van der Waals surface area contributed by atoms with Gasteiger partial charge in [0, 0.05) is 27.4 Å². The number of anilines is 1. The molecule has 26 heavy (non-hydrogen) atoms. The van der Waals surface area contributed by atoms with E-state index < -0.39 is 0 Å². The van der Waals surface area contributed by atoms with Gasteiger partial charge in [0.15, 0.2) is 0 Å². The van der Waals surface area contributed by atoms with Crippen molar-refractivity contribution < 1.29 is 9.53 Å². The van der Waals surface area contributed by atoms with E-state index in [1.54, 1.807) is 48.5 Å². The van der Waals surface area contributed by atoms with Gasteiger partial charge in [-0.2, -0.15) is 0 Å². The fraction of sp³-hybridized carbons (Fsp3) is 0. The lowest BCUT2D eigenvalue weighted by atomic mass is 10.2. The predicted octanol–water partition coefficient (Wildman–Crippen LogP) is 6.44. The molecule has 0 fully saturated rings. The highest BCUT2D eigenvalue weighted by molar-refractivity contribution is 6.37. The summed E-state index contributed by atoms with van der Waals surface area (Å²) in [5.74, 6) is 1.16. The molecule has 1 amide bonds. The van der Waals surface area contributed by atoms with Crippen molar-refractivity contribution in [2.75, 3.05) is 5.32 Å². The van der Waals surface area contributed by atoms with Crippen molar-refractivity contribution in [3.05, 3.63) is 94.5 Å². The summed E-state index contributed by atoms with van der Waals surface area (Å²) in [6.07, 6.45) is 2.98. The number of ether oxygens (including phenoxy) is 1. The van der Waals surface area contributed by atoms with Gasteiger partial charge in [-0.05, 0) is 54.6 Å². The van der Waals surface area contributed by atoms with Crippen molar-refractivity contribution in [3.63, 3.8) is 0 Å². The summed E-state index contributed by atoms with van der Waals surface area (Å²) < 4.78 is 5.71. The van der Waals surface area contributed by atoms with Crippen LogP contribution >= 0.6 is 23.2 Å². The standard InChI is InChI=1S/C21H15Cl2NO2/c22-19-7-4-8-20(23)18(19)13-14-21(25)24-15-9-11-17(12-10-15)26-16-5-2-1-3-6-16/h1-14H,(H,24,25). The Hall–Kier alpha value is -2.75. The number of amides is 1. The lowest BCUT2D eigenvalue weighted by molar-refractivity contribution is -0.111. The molecule has 130 valence electrons. The summed E-state index contributed by atoms with van der Waals surface area (Å²) in [7, 11) is 0. The maximum atomic E-state index is 12.1. The largest absolute Gasteiger partial charge is 0.457 e. The maximum Gasteiger partial charge on any atom is 0.248 e. The summed E-state index contributed by atoms with van der Waals surface area (Å²) >= 11 is 12.2. The average molecular weight is 384 g/mol. The van der Waals surface area contributed by atoms with E-state index >= 15 is 0 Å². The van der Waals surface area contributed by atoms with Crippen LogP contribution in [-0.4, -0.2) is 5.91 Å². The Balaban J connectivity index is 1.62. The predicted molar refractivity (Wildman–Crippen MR) is 107 cm³/mol. The monoisotopic (exact) mass is 383 g/mol. The molecule has 3 aromatic rings. The summed E-state index contributed by atoms with van der Waals surface area (Å²) in [6, 6.07) is 21.8. The summed E-state index contributed by atoms with van der Waals surface area (Å²) in [5, 5.41) is 3.75. The molecule has 5 heteroatoms. The quantitative estimate of drug-likeness (QED) is 0.514. The molecule has 0 atom stereocenters. The SMILES string of the molecule is O=C(C=Cc1c(Cl)cccc1Cl)Nc1ccc(Oc2ccccc2)cc1. The van der Waals surface area contributed by atoms with Crippen LogP contribution in [0, 0.1) is 0 Å². The van der Waals surface area contributed by atoms with Crippen molar-refractivity contribution >= 4 is 40.9 Å². The first-order chi connectivity index (χ1) is 12.6. The van der Waals surface area contributed by atoms with Gasteiger partial charge in [0.25, 0.3) is 0 Å². The molecule has 0 saturated carbocycles. The van der Waals surface area contributed by atoms with Crippen LogP contribution in [0.4, 0.5) is 5.69 Å². The van der Waals surface area contributed by atoms with Gasteiger partial charge in [0.2, 0.25) is 5.91 Å². The number of hydrogen-bond donors (Lipinski definition) is 1. The van der Waals surface area contributed by atoms with Crippen LogP contribution in [0.3, 0.4) is 0 Å². The van der Waals surface area contributed by atoms with Crippen LogP contribution in [-0.2, 0) is 4.79 Å². The molecule has 3 aromatic carbocycles. The van der Waals surface area contributed by atoms with Crippen LogP contribution in [0.15, 0.2) is 78.9 Å². The first kappa shape index (κ1) is 18.1. The average Bonchev–Trinajstić information content (AvgIpc) is 2.64. The van der Waals surface area contributed by atoms with Gasteiger partial charge in [-0.15, -0.1) is 0 Å². The molecule has 0 bridgehead atoms. The Kier molecular flexibility index (Phi) is 5.95. The third kappa shape index (κ3) is 4.88. The Morgan fingerprint density at radius 2 is 1.42 bits per heavy atom. The number of halogens is 2. The van der Waals surface area contributed by atoms with Gasteiger partial charge in [-0.3, -0.25) is 4.79 Å². The van der Waals surface area contributed by atoms with E-state index in [4.69, 9.17) is 27.9 Å². The molecular formula is C21H15Cl2NO2. The van der Waals surface area contributed by atoms with Crippen LogP contribution in [0.25, 0.3) is 6.08 Å². The van der Waals surface area contributed by atoms with Gasteiger partial charge in [-0.1, -0.05) is 47.5 Å². The fourth-order valence-electron chi connectivity index (χ4n) is 2.24. The molecule has 0 heterocycles. The molecule has 0 spiro atoms. The van der Waals surface area contributed by atoms with Gasteiger partial charge < -0.3 is 10.1 Å². The van der Waals surface area contributed by atoms with Crippen molar-refractivity contribution in [2.24, 2.45) is 0 Å². The fourth-order valence-corrected chi connectivity index (χ4v) is 2.77. The summed E-state index contributed by atoms with van der Waals surface area (Å²) in [6.45, 7) is 0. The molecule has 0 unspecified atom stereocenters. The van der Waals surface area contributed by atoms with Crippen molar-refractivity contribution in [1.29, 1.82) is 0 Å². The Morgan fingerprint density at radius 3 is 2.08 bits per heavy atom. The first-order valence-electron chi connectivity index (χ1n) is 7.88. The molecule has 0 aliphatic heterocycles. The molecule has 0 aliphatic carbocycles. The van der Waals surface area contributed by atoms with Crippen molar-refractivity contribution in [3.8, 4) is 11.5 Å². The topological polar surface area (TPSA) is 38.3 Å². The van der Waals surface area contributed by atoms with E-state index in [0.29, 0.717) is 27.0 Å². The molecule has 1 N–H and O–H groups in total. The third-order valence-electron chi connectivity index (χ3n) is 3.50. The number of hydrogen-bond acceptors (Lipinski definition) is 2. The highest BCUT2D eigenvalue weighted by Crippen LogP contribution is 2.26. The first-order valence-corrected chi connectivity index (χ1v) is 8.63. The number of para-hydroxylation sites is 1. The molecule has 0 aromatic heterocycles. The second kappa shape index (κ2) is 8.56. The Labute approximate surface area is 161 Å². The molecule has 3 rings (SSSR count). The lowest BCUT2D eigenvalue weighted by Crippen LogP contribution is -2.07. The molecule has 0 radical (unpaired) electrons. The molecule has 3 nitrogen and oxygen atoms in total.